The molecule has 0 radical (unpaired) electrons. The number of nitrogens with two attached hydrogens (primary N) is 1. The summed E-state index contributed by atoms with van der Waals surface area (Å²) in [5, 5.41) is 14.5. The molecule has 0 amide bonds. The van der Waals surface area contributed by atoms with Crippen molar-refractivity contribution in [2.45, 2.75) is 88.4 Å². The average Bonchev–Trinajstić information content (AvgIpc) is 3.12. The third-order valence-corrected chi connectivity index (χ3v) is 7.68. The lowest BCUT2D eigenvalue weighted by atomic mass is 9.72. The Morgan fingerprint density at radius 1 is 1.07 bits per heavy atom. The van der Waals surface area contributed by atoms with E-state index in [2.05, 4.69) is 17.4 Å². The summed E-state index contributed by atoms with van der Waals surface area (Å²) in [5.41, 5.74) is 7.15. The number of ether oxygens (including phenoxy) is 1. The highest BCUT2D eigenvalue weighted by Gasteiger charge is 2.48. The maximum Gasteiger partial charge on any atom is 0.105 e. The molecule has 1 heterocycles. The van der Waals surface area contributed by atoms with Crippen LogP contribution >= 0.6 is 0 Å². The molecule has 6 atom stereocenters. The quantitative estimate of drug-likeness (QED) is 0.650. The van der Waals surface area contributed by atoms with Gasteiger partial charge >= 0.3 is 0 Å². The lowest BCUT2D eigenvalue weighted by Gasteiger charge is -2.36. The van der Waals surface area contributed by atoms with Crippen molar-refractivity contribution in [3.8, 4) is 0 Å². The van der Waals surface area contributed by atoms with Crippen LogP contribution in [0.5, 0.6) is 0 Å². The molecule has 29 heavy (non-hydrogen) atoms. The maximum absolute atomic E-state index is 14.7. The Bertz CT molecular complexity index is 623. The molecule has 4 nitrogen and oxygen atoms in total. The summed E-state index contributed by atoms with van der Waals surface area (Å²) in [7, 11) is 0. The van der Waals surface area contributed by atoms with Crippen molar-refractivity contribution in [1.82, 2.24) is 5.32 Å². The summed E-state index contributed by atoms with van der Waals surface area (Å²) in [6, 6.07) is 10.5. The molecule has 4 N–H and O–H groups in total. The van der Waals surface area contributed by atoms with Gasteiger partial charge in [-0.2, -0.15) is 0 Å². The number of alkyl halides is 1. The number of fused-ring (bicyclic) bond motifs is 1. The predicted molar refractivity (Wildman–Crippen MR) is 113 cm³/mol. The van der Waals surface area contributed by atoms with Crippen molar-refractivity contribution < 1.29 is 14.2 Å². The van der Waals surface area contributed by atoms with E-state index in [0.29, 0.717) is 37.8 Å². The number of halogens is 1. The van der Waals surface area contributed by atoms with Gasteiger partial charge in [0.15, 0.2) is 0 Å². The van der Waals surface area contributed by atoms with Crippen molar-refractivity contribution in [2.75, 3.05) is 6.54 Å². The number of aliphatic hydroxyl groups is 1. The molecule has 1 aliphatic heterocycles. The van der Waals surface area contributed by atoms with Crippen LogP contribution in [-0.4, -0.2) is 42.1 Å². The fraction of sp³-hybridized carbons (Fsp3) is 0.750. The molecule has 162 valence electrons. The first-order chi connectivity index (χ1) is 14.2. The Morgan fingerprint density at radius 3 is 2.55 bits per heavy atom. The van der Waals surface area contributed by atoms with E-state index < -0.39 is 6.17 Å². The van der Waals surface area contributed by atoms with Crippen molar-refractivity contribution in [1.29, 1.82) is 0 Å². The fourth-order valence-corrected chi connectivity index (χ4v) is 6.08. The average molecular weight is 405 g/mol. The number of benzene rings is 1. The van der Waals surface area contributed by atoms with E-state index in [1.54, 1.807) is 0 Å². The number of rotatable bonds is 7. The molecule has 2 saturated carbocycles. The molecule has 0 aromatic heterocycles. The van der Waals surface area contributed by atoms with Crippen LogP contribution in [0.1, 0.15) is 56.9 Å². The summed E-state index contributed by atoms with van der Waals surface area (Å²) in [5.74, 6) is 0.658. The summed E-state index contributed by atoms with van der Waals surface area (Å²) < 4.78 is 20.8. The van der Waals surface area contributed by atoms with Crippen LogP contribution in [0.2, 0.25) is 0 Å². The smallest absolute Gasteiger partial charge is 0.105 e. The Labute approximate surface area is 174 Å². The highest BCUT2D eigenvalue weighted by molar-refractivity contribution is 5.13. The Morgan fingerprint density at radius 2 is 1.83 bits per heavy atom. The first kappa shape index (κ1) is 21.2. The minimum atomic E-state index is -0.753. The summed E-state index contributed by atoms with van der Waals surface area (Å²) in [6.45, 7) is 1.22. The standard InChI is InChI=1S/C24H37FN2O2/c25-20-8-4-7-19-22(14-26)27-21(24(19)20)13-23(28)17-9-11-18(12-10-17)29-15-16-5-2-1-3-6-16/h1-3,5-6,17-24,27-28H,4,7-15,26H2. The molecular weight excluding hydrogens is 367 g/mol. The second-order valence-corrected chi connectivity index (χ2v) is 9.44. The largest absolute Gasteiger partial charge is 0.393 e. The van der Waals surface area contributed by atoms with Gasteiger partial charge in [0.25, 0.3) is 0 Å². The van der Waals surface area contributed by atoms with E-state index in [1.165, 1.54) is 5.56 Å². The van der Waals surface area contributed by atoms with Gasteiger partial charge in [-0.05, 0) is 62.3 Å². The molecule has 1 aromatic carbocycles. The zero-order valence-electron chi connectivity index (χ0n) is 17.4. The molecular formula is C24H37FN2O2. The minimum absolute atomic E-state index is 0.0255. The van der Waals surface area contributed by atoms with E-state index >= 15 is 0 Å². The molecule has 0 spiro atoms. The van der Waals surface area contributed by atoms with Gasteiger partial charge in [0.2, 0.25) is 0 Å². The second kappa shape index (κ2) is 9.86. The van der Waals surface area contributed by atoms with Crippen molar-refractivity contribution >= 4 is 0 Å². The second-order valence-electron chi connectivity index (χ2n) is 9.44. The Hall–Kier alpha value is -1.01. The van der Waals surface area contributed by atoms with Crippen LogP contribution in [0.3, 0.4) is 0 Å². The number of nitrogens with one attached hydrogen (secondary N) is 1. The van der Waals surface area contributed by atoms with Gasteiger partial charge in [-0.1, -0.05) is 36.8 Å². The van der Waals surface area contributed by atoms with Gasteiger partial charge in [-0.3, -0.25) is 0 Å². The molecule has 1 aromatic rings. The molecule has 0 bridgehead atoms. The normalized spacial score (nSPS) is 38.5. The Balaban J connectivity index is 1.25. The lowest BCUT2D eigenvalue weighted by Crippen LogP contribution is -2.41. The first-order valence-electron chi connectivity index (χ1n) is 11.6. The SMILES string of the molecule is NCC1NC(CC(O)C2CCC(OCc3ccccc3)CC2)C2C(F)CCCC12. The topological polar surface area (TPSA) is 67.5 Å². The van der Waals surface area contributed by atoms with E-state index in [9.17, 15) is 9.50 Å². The van der Waals surface area contributed by atoms with Gasteiger partial charge in [0.05, 0.1) is 18.8 Å². The zero-order valence-corrected chi connectivity index (χ0v) is 17.4. The van der Waals surface area contributed by atoms with E-state index in [0.717, 1.165) is 38.5 Å². The van der Waals surface area contributed by atoms with Crippen molar-refractivity contribution in [2.24, 2.45) is 23.5 Å². The van der Waals surface area contributed by atoms with Crippen LogP contribution in [0.25, 0.3) is 0 Å². The molecule has 3 aliphatic rings. The molecule has 2 aliphatic carbocycles. The van der Waals surface area contributed by atoms with Crippen molar-refractivity contribution in [3.63, 3.8) is 0 Å². The fourth-order valence-electron chi connectivity index (χ4n) is 6.08. The summed E-state index contributed by atoms with van der Waals surface area (Å²) in [4.78, 5) is 0. The molecule has 6 unspecified atom stereocenters. The third-order valence-electron chi connectivity index (χ3n) is 7.68. The van der Waals surface area contributed by atoms with Crippen LogP contribution in [-0.2, 0) is 11.3 Å². The summed E-state index contributed by atoms with van der Waals surface area (Å²) in [6.07, 6.45) is 6.47. The molecule has 5 heteroatoms. The number of aliphatic hydroxyl groups excluding tert-OH is 1. The number of hydrogen-bond donors (Lipinski definition) is 3. The third kappa shape index (κ3) is 5.01. The molecule has 4 rings (SSSR count). The van der Waals surface area contributed by atoms with Crippen LogP contribution < -0.4 is 11.1 Å². The van der Waals surface area contributed by atoms with Gasteiger partial charge < -0.3 is 20.9 Å². The van der Waals surface area contributed by atoms with E-state index in [1.807, 2.05) is 18.2 Å². The minimum Gasteiger partial charge on any atom is -0.393 e. The Kier molecular flexibility index (Phi) is 7.22. The molecule has 3 fully saturated rings. The first-order valence-corrected chi connectivity index (χ1v) is 11.6. The highest BCUT2D eigenvalue weighted by Crippen LogP contribution is 2.43. The monoisotopic (exact) mass is 404 g/mol. The van der Waals surface area contributed by atoms with E-state index in [4.69, 9.17) is 10.5 Å². The van der Waals surface area contributed by atoms with Gasteiger partial charge in [0, 0.05) is 24.5 Å². The van der Waals surface area contributed by atoms with Gasteiger partial charge in [0.1, 0.15) is 6.17 Å². The maximum atomic E-state index is 14.7. The molecule has 1 saturated heterocycles. The number of hydrogen-bond acceptors (Lipinski definition) is 4. The zero-order chi connectivity index (χ0) is 20.2. The van der Waals surface area contributed by atoms with Gasteiger partial charge in [-0.15, -0.1) is 0 Å². The van der Waals surface area contributed by atoms with E-state index in [-0.39, 0.29) is 30.2 Å². The van der Waals surface area contributed by atoms with Crippen LogP contribution in [0.4, 0.5) is 4.39 Å². The van der Waals surface area contributed by atoms with Gasteiger partial charge in [-0.25, -0.2) is 4.39 Å². The predicted octanol–water partition coefficient (Wildman–Crippen LogP) is 3.57. The highest BCUT2D eigenvalue weighted by atomic mass is 19.1. The van der Waals surface area contributed by atoms with Crippen molar-refractivity contribution in [3.05, 3.63) is 35.9 Å². The summed E-state index contributed by atoms with van der Waals surface area (Å²) >= 11 is 0. The van der Waals surface area contributed by atoms with Crippen LogP contribution in [0.15, 0.2) is 30.3 Å². The lowest BCUT2D eigenvalue weighted by molar-refractivity contribution is -0.0183. The van der Waals surface area contributed by atoms with Crippen LogP contribution in [0, 0.1) is 17.8 Å².